The molecule has 0 bridgehead atoms. The van der Waals surface area contributed by atoms with Gasteiger partial charge in [-0.3, -0.25) is 4.79 Å². The zero-order valence-corrected chi connectivity index (χ0v) is 12.4. The standard InChI is InChI=1S/C16H24O3/c1-16(2,3)15(17)10-9-13-7-5-6-8-14(13)19-12-11-18-4/h5-8H,9-12H2,1-4H3. The molecule has 0 saturated heterocycles. The zero-order valence-electron chi connectivity index (χ0n) is 12.4. The van der Waals surface area contributed by atoms with Gasteiger partial charge in [-0.05, 0) is 18.1 Å². The monoisotopic (exact) mass is 264 g/mol. The Hall–Kier alpha value is -1.35. The maximum Gasteiger partial charge on any atom is 0.138 e. The lowest BCUT2D eigenvalue weighted by atomic mass is 9.87. The summed E-state index contributed by atoms with van der Waals surface area (Å²) < 4.78 is 10.6. The van der Waals surface area contributed by atoms with Crippen molar-refractivity contribution in [2.75, 3.05) is 20.3 Å². The van der Waals surface area contributed by atoms with Crippen molar-refractivity contribution in [2.24, 2.45) is 5.41 Å². The van der Waals surface area contributed by atoms with E-state index >= 15 is 0 Å². The fourth-order valence-corrected chi connectivity index (χ4v) is 1.71. The summed E-state index contributed by atoms with van der Waals surface area (Å²) in [4.78, 5) is 11.9. The van der Waals surface area contributed by atoms with Crippen LogP contribution in [0.3, 0.4) is 0 Å². The number of ether oxygens (including phenoxy) is 2. The van der Waals surface area contributed by atoms with Gasteiger partial charge in [-0.1, -0.05) is 39.0 Å². The number of methoxy groups -OCH3 is 1. The van der Waals surface area contributed by atoms with Crippen molar-refractivity contribution >= 4 is 5.78 Å². The molecule has 1 aromatic carbocycles. The van der Waals surface area contributed by atoms with Crippen molar-refractivity contribution in [3.8, 4) is 5.75 Å². The largest absolute Gasteiger partial charge is 0.491 e. The van der Waals surface area contributed by atoms with Crippen LogP contribution in [-0.4, -0.2) is 26.1 Å². The molecule has 0 saturated carbocycles. The van der Waals surface area contributed by atoms with Crippen LogP contribution < -0.4 is 4.74 Å². The second-order valence-electron chi connectivity index (χ2n) is 5.62. The normalized spacial score (nSPS) is 11.4. The van der Waals surface area contributed by atoms with E-state index in [0.29, 0.717) is 19.6 Å². The average Bonchev–Trinajstić information content (AvgIpc) is 2.36. The van der Waals surface area contributed by atoms with Gasteiger partial charge in [0, 0.05) is 18.9 Å². The van der Waals surface area contributed by atoms with Gasteiger partial charge in [-0.25, -0.2) is 0 Å². The van der Waals surface area contributed by atoms with Crippen LogP contribution in [0, 0.1) is 5.41 Å². The third kappa shape index (κ3) is 5.43. The number of aryl methyl sites for hydroxylation is 1. The lowest BCUT2D eigenvalue weighted by Gasteiger charge is -2.17. The molecule has 0 aliphatic rings. The molecule has 0 aliphatic carbocycles. The average molecular weight is 264 g/mol. The van der Waals surface area contributed by atoms with E-state index in [0.717, 1.165) is 17.7 Å². The molecule has 0 fully saturated rings. The first kappa shape index (κ1) is 15.7. The van der Waals surface area contributed by atoms with E-state index in [-0.39, 0.29) is 11.2 Å². The smallest absolute Gasteiger partial charge is 0.138 e. The molecule has 0 heterocycles. The van der Waals surface area contributed by atoms with Gasteiger partial charge in [-0.15, -0.1) is 0 Å². The highest BCUT2D eigenvalue weighted by atomic mass is 16.5. The molecule has 106 valence electrons. The number of carbonyl (C=O) groups is 1. The van der Waals surface area contributed by atoms with Gasteiger partial charge in [0.25, 0.3) is 0 Å². The van der Waals surface area contributed by atoms with Gasteiger partial charge < -0.3 is 9.47 Å². The summed E-state index contributed by atoms with van der Waals surface area (Å²) in [7, 11) is 1.65. The van der Waals surface area contributed by atoms with Crippen molar-refractivity contribution < 1.29 is 14.3 Å². The lowest BCUT2D eigenvalue weighted by Crippen LogP contribution is -2.20. The Bertz CT molecular complexity index is 405. The highest BCUT2D eigenvalue weighted by molar-refractivity contribution is 5.83. The second-order valence-corrected chi connectivity index (χ2v) is 5.62. The number of para-hydroxylation sites is 1. The molecule has 0 unspecified atom stereocenters. The predicted molar refractivity (Wildman–Crippen MR) is 76.6 cm³/mol. The number of benzene rings is 1. The van der Waals surface area contributed by atoms with E-state index in [1.54, 1.807) is 7.11 Å². The van der Waals surface area contributed by atoms with Gasteiger partial charge in [0.15, 0.2) is 0 Å². The zero-order chi connectivity index (χ0) is 14.3. The van der Waals surface area contributed by atoms with Crippen molar-refractivity contribution in [1.29, 1.82) is 0 Å². The van der Waals surface area contributed by atoms with Gasteiger partial charge in [0.05, 0.1) is 6.61 Å². The Morgan fingerprint density at radius 1 is 1.16 bits per heavy atom. The molecular weight excluding hydrogens is 240 g/mol. The Morgan fingerprint density at radius 3 is 2.47 bits per heavy atom. The van der Waals surface area contributed by atoms with Crippen molar-refractivity contribution in [3.63, 3.8) is 0 Å². The van der Waals surface area contributed by atoms with Crippen LogP contribution in [0.25, 0.3) is 0 Å². The molecular formula is C16H24O3. The molecule has 1 rings (SSSR count). The molecule has 0 radical (unpaired) electrons. The Labute approximate surface area is 115 Å². The summed E-state index contributed by atoms with van der Waals surface area (Å²) in [6.07, 6.45) is 1.27. The fourth-order valence-electron chi connectivity index (χ4n) is 1.71. The first-order valence-corrected chi connectivity index (χ1v) is 6.68. The van der Waals surface area contributed by atoms with Gasteiger partial charge in [0.2, 0.25) is 0 Å². The highest BCUT2D eigenvalue weighted by Crippen LogP contribution is 2.23. The maximum atomic E-state index is 11.9. The first-order valence-electron chi connectivity index (χ1n) is 6.68. The minimum absolute atomic E-state index is 0.272. The maximum absolute atomic E-state index is 11.9. The van der Waals surface area contributed by atoms with E-state index in [4.69, 9.17) is 9.47 Å². The molecule has 0 atom stereocenters. The topological polar surface area (TPSA) is 35.5 Å². The van der Waals surface area contributed by atoms with Crippen LogP contribution in [0.5, 0.6) is 5.75 Å². The number of hydrogen-bond donors (Lipinski definition) is 0. The number of rotatable bonds is 7. The highest BCUT2D eigenvalue weighted by Gasteiger charge is 2.20. The van der Waals surface area contributed by atoms with E-state index < -0.39 is 0 Å². The van der Waals surface area contributed by atoms with Gasteiger partial charge >= 0.3 is 0 Å². The van der Waals surface area contributed by atoms with Crippen LogP contribution >= 0.6 is 0 Å². The summed E-state index contributed by atoms with van der Waals surface area (Å²) in [5, 5.41) is 0. The number of carbonyl (C=O) groups excluding carboxylic acids is 1. The summed E-state index contributed by atoms with van der Waals surface area (Å²) in [6, 6.07) is 7.86. The van der Waals surface area contributed by atoms with Crippen molar-refractivity contribution in [3.05, 3.63) is 29.8 Å². The second kappa shape index (κ2) is 7.29. The third-order valence-electron chi connectivity index (χ3n) is 2.98. The van der Waals surface area contributed by atoms with Crippen molar-refractivity contribution in [2.45, 2.75) is 33.6 Å². The minimum atomic E-state index is -0.272. The first-order chi connectivity index (χ1) is 8.95. The number of hydrogen-bond acceptors (Lipinski definition) is 3. The van der Waals surface area contributed by atoms with E-state index in [2.05, 4.69) is 0 Å². The van der Waals surface area contributed by atoms with Crippen LogP contribution in [0.1, 0.15) is 32.8 Å². The lowest BCUT2D eigenvalue weighted by molar-refractivity contribution is -0.126. The third-order valence-corrected chi connectivity index (χ3v) is 2.98. The van der Waals surface area contributed by atoms with Gasteiger partial charge in [0.1, 0.15) is 18.1 Å². The Kier molecular flexibility index (Phi) is 6.03. The van der Waals surface area contributed by atoms with Crippen LogP contribution in [0.4, 0.5) is 0 Å². The van der Waals surface area contributed by atoms with Crippen LogP contribution in [-0.2, 0) is 16.0 Å². The summed E-state index contributed by atoms with van der Waals surface area (Å²) in [6.45, 7) is 6.96. The van der Waals surface area contributed by atoms with E-state index in [9.17, 15) is 4.79 Å². The minimum Gasteiger partial charge on any atom is -0.491 e. The summed E-state index contributed by atoms with van der Waals surface area (Å²) >= 11 is 0. The van der Waals surface area contributed by atoms with E-state index in [1.807, 2.05) is 45.0 Å². The van der Waals surface area contributed by atoms with E-state index in [1.165, 1.54) is 0 Å². The Morgan fingerprint density at radius 2 is 1.84 bits per heavy atom. The molecule has 19 heavy (non-hydrogen) atoms. The quantitative estimate of drug-likeness (QED) is 0.709. The summed E-state index contributed by atoms with van der Waals surface area (Å²) in [5.74, 6) is 1.13. The Balaban J connectivity index is 2.60. The molecule has 0 N–H and O–H groups in total. The van der Waals surface area contributed by atoms with Crippen LogP contribution in [0.15, 0.2) is 24.3 Å². The number of Topliss-reactive ketones (excluding diaryl/α,β-unsaturated/α-hetero) is 1. The molecule has 0 spiro atoms. The molecule has 0 aromatic heterocycles. The molecule has 3 heteroatoms. The van der Waals surface area contributed by atoms with Crippen LogP contribution in [0.2, 0.25) is 0 Å². The SMILES string of the molecule is COCCOc1ccccc1CCC(=O)C(C)(C)C. The molecule has 0 aliphatic heterocycles. The number of ketones is 1. The van der Waals surface area contributed by atoms with Gasteiger partial charge in [-0.2, -0.15) is 0 Å². The fraction of sp³-hybridized carbons (Fsp3) is 0.562. The molecule has 3 nitrogen and oxygen atoms in total. The van der Waals surface area contributed by atoms with Crippen molar-refractivity contribution in [1.82, 2.24) is 0 Å². The summed E-state index contributed by atoms with van der Waals surface area (Å²) in [5.41, 5.74) is 0.808. The molecule has 0 amide bonds. The molecule has 1 aromatic rings. The predicted octanol–water partition coefficient (Wildman–Crippen LogP) is 3.26.